The van der Waals surface area contributed by atoms with Crippen LogP contribution in [0.5, 0.6) is 0 Å². The lowest BCUT2D eigenvalue weighted by molar-refractivity contribution is 0.629. The van der Waals surface area contributed by atoms with Crippen LogP contribution in [0.2, 0.25) is 10.0 Å². The summed E-state index contributed by atoms with van der Waals surface area (Å²) < 4.78 is 13.3. The monoisotopic (exact) mass is 316 g/mol. The number of halogens is 3. The molecule has 20 heavy (non-hydrogen) atoms. The zero-order chi connectivity index (χ0) is 14.9. The predicted molar refractivity (Wildman–Crippen MR) is 78.3 cm³/mol. The molecule has 106 valence electrons. The van der Waals surface area contributed by atoms with E-state index in [1.54, 1.807) is 19.0 Å². The van der Waals surface area contributed by atoms with E-state index in [9.17, 15) is 4.39 Å². The maximum atomic E-state index is 13.3. The Morgan fingerprint density at radius 2 is 1.75 bits per heavy atom. The highest BCUT2D eigenvalue weighted by molar-refractivity contribution is 6.35. The quantitative estimate of drug-likeness (QED) is 0.847. The lowest BCUT2D eigenvalue weighted by Gasteiger charge is -2.12. The van der Waals surface area contributed by atoms with E-state index in [1.165, 1.54) is 12.1 Å². The van der Waals surface area contributed by atoms with Crippen molar-refractivity contribution in [2.24, 2.45) is 0 Å². The molecule has 0 aliphatic rings. The van der Waals surface area contributed by atoms with Gasteiger partial charge < -0.3 is 16.0 Å². The summed E-state index contributed by atoms with van der Waals surface area (Å²) in [5, 5.41) is 2.64. The van der Waals surface area contributed by atoms with Crippen LogP contribution in [0.4, 0.5) is 27.9 Å². The van der Waals surface area contributed by atoms with Gasteiger partial charge in [0.1, 0.15) is 0 Å². The highest BCUT2D eigenvalue weighted by Gasteiger charge is 2.10. The van der Waals surface area contributed by atoms with Crippen LogP contribution in [0.15, 0.2) is 12.1 Å². The van der Waals surface area contributed by atoms with E-state index >= 15 is 0 Å². The average Bonchev–Trinajstić information content (AvgIpc) is 2.35. The molecule has 9 heteroatoms. The van der Waals surface area contributed by atoms with Gasteiger partial charge in [0.25, 0.3) is 0 Å². The first-order valence-electron chi connectivity index (χ1n) is 5.47. The minimum absolute atomic E-state index is 0.0607. The molecule has 0 unspecified atom stereocenters. The van der Waals surface area contributed by atoms with E-state index in [2.05, 4.69) is 20.3 Å². The number of hydrogen-bond acceptors (Lipinski definition) is 6. The van der Waals surface area contributed by atoms with Crippen molar-refractivity contribution in [1.29, 1.82) is 0 Å². The normalized spacial score (nSPS) is 10.4. The molecule has 0 bridgehead atoms. The summed E-state index contributed by atoms with van der Waals surface area (Å²) in [5.74, 6) is -0.0206. The third-order valence-electron chi connectivity index (χ3n) is 2.28. The fraction of sp³-hybridized carbons (Fsp3) is 0.182. The smallest absolute Gasteiger partial charge is 0.233 e. The molecule has 0 aliphatic carbocycles. The Morgan fingerprint density at radius 1 is 1.15 bits per heavy atom. The molecule has 0 saturated carbocycles. The minimum Gasteiger partial charge on any atom is -0.368 e. The van der Waals surface area contributed by atoms with E-state index in [-0.39, 0.29) is 21.9 Å². The number of nitrogens with two attached hydrogens (primary N) is 1. The second-order valence-corrected chi connectivity index (χ2v) is 4.90. The van der Waals surface area contributed by atoms with Gasteiger partial charge in [-0.05, 0) is 12.1 Å². The van der Waals surface area contributed by atoms with Crippen LogP contribution in [0.3, 0.4) is 0 Å². The van der Waals surface area contributed by atoms with Gasteiger partial charge >= 0.3 is 0 Å². The second-order valence-electron chi connectivity index (χ2n) is 4.09. The fourth-order valence-corrected chi connectivity index (χ4v) is 1.88. The molecule has 0 saturated heterocycles. The molecular weight excluding hydrogens is 306 g/mol. The van der Waals surface area contributed by atoms with Crippen LogP contribution in [0.25, 0.3) is 0 Å². The third-order valence-corrected chi connectivity index (χ3v) is 2.83. The van der Waals surface area contributed by atoms with Crippen molar-refractivity contribution >= 4 is 46.7 Å². The van der Waals surface area contributed by atoms with Crippen LogP contribution in [0, 0.1) is 5.82 Å². The molecule has 2 aromatic rings. The van der Waals surface area contributed by atoms with E-state index in [0.29, 0.717) is 11.6 Å². The Morgan fingerprint density at radius 3 is 2.30 bits per heavy atom. The Kier molecular flexibility index (Phi) is 4.10. The van der Waals surface area contributed by atoms with Crippen LogP contribution < -0.4 is 16.0 Å². The van der Waals surface area contributed by atoms with Gasteiger partial charge in [-0.3, -0.25) is 0 Å². The SMILES string of the molecule is CN(C)c1nc(N)nc(Nc2cc(Cl)c(F)c(Cl)c2)n1. The van der Waals surface area contributed by atoms with Crippen molar-refractivity contribution in [2.75, 3.05) is 30.0 Å². The number of benzene rings is 1. The highest BCUT2D eigenvalue weighted by Crippen LogP contribution is 2.28. The molecular formula is C11H11Cl2FN6. The Hall–Kier alpha value is -1.86. The van der Waals surface area contributed by atoms with Gasteiger partial charge in [0.05, 0.1) is 10.0 Å². The van der Waals surface area contributed by atoms with Crippen LogP contribution in [-0.2, 0) is 0 Å². The zero-order valence-electron chi connectivity index (χ0n) is 10.7. The van der Waals surface area contributed by atoms with Crippen LogP contribution in [-0.4, -0.2) is 29.0 Å². The topological polar surface area (TPSA) is 80.0 Å². The highest BCUT2D eigenvalue weighted by atomic mass is 35.5. The molecule has 0 atom stereocenters. The molecule has 1 aromatic carbocycles. The summed E-state index contributed by atoms with van der Waals surface area (Å²) in [4.78, 5) is 13.7. The summed E-state index contributed by atoms with van der Waals surface area (Å²) in [6, 6.07) is 2.75. The minimum atomic E-state index is -0.678. The van der Waals surface area contributed by atoms with Crippen LogP contribution >= 0.6 is 23.2 Å². The summed E-state index contributed by atoms with van der Waals surface area (Å²) in [5.41, 5.74) is 6.04. The van der Waals surface area contributed by atoms with Gasteiger partial charge in [0, 0.05) is 19.8 Å². The molecule has 2 rings (SSSR count). The number of rotatable bonds is 3. The lowest BCUT2D eigenvalue weighted by Crippen LogP contribution is -2.15. The molecule has 1 heterocycles. The summed E-state index contributed by atoms with van der Waals surface area (Å²) in [6.07, 6.45) is 0. The van der Waals surface area contributed by atoms with Gasteiger partial charge in [-0.1, -0.05) is 23.2 Å². The van der Waals surface area contributed by atoms with E-state index in [4.69, 9.17) is 28.9 Å². The first-order valence-corrected chi connectivity index (χ1v) is 6.23. The lowest BCUT2D eigenvalue weighted by atomic mass is 10.3. The third kappa shape index (κ3) is 3.17. The number of anilines is 4. The Balaban J connectivity index is 2.35. The summed E-state index contributed by atoms with van der Waals surface area (Å²) >= 11 is 11.4. The molecule has 1 aromatic heterocycles. The molecule has 0 aliphatic heterocycles. The predicted octanol–water partition coefficient (Wildman–Crippen LogP) is 2.71. The maximum Gasteiger partial charge on any atom is 0.233 e. The van der Waals surface area contributed by atoms with E-state index < -0.39 is 5.82 Å². The number of aromatic nitrogens is 3. The zero-order valence-corrected chi connectivity index (χ0v) is 12.2. The largest absolute Gasteiger partial charge is 0.368 e. The van der Waals surface area contributed by atoms with Crippen molar-refractivity contribution in [3.8, 4) is 0 Å². The Bertz CT molecular complexity index is 626. The molecule has 6 nitrogen and oxygen atoms in total. The van der Waals surface area contributed by atoms with E-state index in [1.807, 2.05) is 0 Å². The first kappa shape index (κ1) is 14.5. The number of nitrogens with one attached hydrogen (secondary N) is 1. The van der Waals surface area contributed by atoms with Gasteiger partial charge in [-0.2, -0.15) is 15.0 Å². The number of nitrogens with zero attached hydrogens (tertiary/aromatic N) is 4. The van der Waals surface area contributed by atoms with Crippen molar-refractivity contribution in [1.82, 2.24) is 15.0 Å². The fourth-order valence-electron chi connectivity index (χ4n) is 1.39. The maximum absolute atomic E-state index is 13.3. The van der Waals surface area contributed by atoms with Crippen molar-refractivity contribution in [3.05, 3.63) is 28.0 Å². The average molecular weight is 317 g/mol. The molecule has 0 amide bonds. The van der Waals surface area contributed by atoms with Gasteiger partial charge in [-0.15, -0.1) is 0 Å². The summed E-state index contributed by atoms with van der Waals surface area (Å²) in [6.45, 7) is 0. The molecule has 0 radical (unpaired) electrons. The second kappa shape index (κ2) is 5.64. The first-order chi connectivity index (χ1) is 9.36. The molecule has 0 fully saturated rings. The number of hydrogen-bond donors (Lipinski definition) is 2. The van der Waals surface area contributed by atoms with Gasteiger partial charge in [-0.25, -0.2) is 4.39 Å². The van der Waals surface area contributed by atoms with Crippen molar-refractivity contribution < 1.29 is 4.39 Å². The Labute approximate surface area is 124 Å². The van der Waals surface area contributed by atoms with Gasteiger partial charge in [0.15, 0.2) is 5.82 Å². The van der Waals surface area contributed by atoms with Gasteiger partial charge in [0.2, 0.25) is 17.8 Å². The molecule has 0 spiro atoms. The molecule has 3 N–H and O–H groups in total. The number of nitrogen functional groups attached to an aromatic ring is 1. The van der Waals surface area contributed by atoms with Crippen molar-refractivity contribution in [3.63, 3.8) is 0 Å². The van der Waals surface area contributed by atoms with Crippen molar-refractivity contribution in [2.45, 2.75) is 0 Å². The van der Waals surface area contributed by atoms with E-state index in [0.717, 1.165) is 0 Å². The summed E-state index contributed by atoms with van der Waals surface area (Å²) in [7, 11) is 3.54. The van der Waals surface area contributed by atoms with Crippen LogP contribution in [0.1, 0.15) is 0 Å². The standard InChI is InChI=1S/C11H11Cl2FN6/c1-20(2)11-18-9(15)17-10(19-11)16-5-3-6(12)8(14)7(13)4-5/h3-4H,1-2H3,(H3,15,16,17,18,19).